The van der Waals surface area contributed by atoms with Crippen molar-refractivity contribution in [1.82, 2.24) is 19.4 Å². The number of halogens is 1. The molecule has 6 rings (SSSR count). The van der Waals surface area contributed by atoms with E-state index in [1.165, 1.54) is 0 Å². The number of hydrogen-bond donors (Lipinski definition) is 2. The van der Waals surface area contributed by atoms with Gasteiger partial charge in [0, 0.05) is 85.7 Å². The maximum absolute atomic E-state index is 14.3. The molecule has 0 amide bonds. The standard InChI is InChI=1S/C30H36ClN7O3/c1-18-17-41-19(2)34-27(18)20-3-4-24(26(31)14-20)25-13-21-15-33-30(35-22-6-11-40-12-7-22)36-28(21)38(29(25)39)23-5-9-37(16-23)10-8-32/h3-4,13-15,22-23H,5-12,16-17,32H2,1-2H3,(H,33,35,36). The summed E-state index contributed by atoms with van der Waals surface area (Å²) in [5.41, 5.74) is 10.3. The summed E-state index contributed by atoms with van der Waals surface area (Å²) in [4.78, 5) is 30.7. The van der Waals surface area contributed by atoms with Crippen molar-refractivity contribution in [2.45, 2.75) is 45.2 Å². The number of hydrogen-bond acceptors (Lipinski definition) is 9. The molecule has 2 fully saturated rings. The zero-order chi connectivity index (χ0) is 28.5. The topological polar surface area (TPSA) is 120 Å². The van der Waals surface area contributed by atoms with E-state index in [9.17, 15) is 4.79 Å². The molecule has 2 saturated heterocycles. The van der Waals surface area contributed by atoms with Crippen LogP contribution in [0.2, 0.25) is 5.02 Å². The third-order valence-electron chi connectivity index (χ3n) is 8.09. The SMILES string of the molecule is CC1=NC(c2ccc(-c3cc4cnc(NC5CCOCC5)nc4n(C4CCN(CCN)C4)c3=O)c(Cl)c2)=C(C)CO1. The Labute approximate surface area is 244 Å². The Morgan fingerprint density at radius 1 is 1.15 bits per heavy atom. The van der Waals surface area contributed by atoms with Gasteiger partial charge in [-0.1, -0.05) is 23.7 Å². The van der Waals surface area contributed by atoms with Gasteiger partial charge in [0.25, 0.3) is 5.56 Å². The number of fused-ring (bicyclic) bond motifs is 1. The van der Waals surface area contributed by atoms with Crippen molar-refractivity contribution in [1.29, 1.82) is 0 Å². The van der Waals surface area contributed by atoms with Crippen molar-refractivity contribution < 1.29 is 9.47 Å². The van der Waals surface area contributed by atoms with Crippen LogP contribution in [0.15, 0.2) is 45.8 Å². The Balaban J connectivity index is 1.43. The summed E-state index contributed by atoms with van der Waals surface area (Å²) < 4.78 is 12.9. The van der Waals surface area contributed by atoms with Crippen molar-refractivity contribution in [3.05, 3.63) is 57.0 Å². The van der Waals surface area contributed by atoms with Crippen LogP contribution in [0.1, 0.15) is 44.7 Å². The molecule has 1 aromatic carbocycles. The number of likely N-dealkylation sites (tertiary alicyclic amines) is 1. The molecule has 3 N–H and O–H groups in total. The first-order chi connectivity index (χ1) is 19.9. The molecule has 5 heterocycles. The van der Waals surface area contributed by atoms with Crippen LogP contribution in [-0.2, 0) is 9.47 Å². The first-order valence-corrected chi connectivity index (χ1v) is 14.7. The van der Waals surface area contributed by atoms with Crippen LogP contribution in [0.3, 0.4) is 0 Å². The lowest BCUT2D eigenvalue weighted by atomic mass is 10.0. The molecular formula is C30H36ClN7O3. The molecule has 10 nitrogen and oxygen atoms in total. The second-order valence-corrected chi connectivity index (χ2v) is 11.4. The summed E-state index contributed by atoms with van der Waals surface area (Å²) >= 11 is 6.88. The van der Waals surface area contributed by atoms with Crippen molar-refractivity contribution in [3.63, 3.8) is 0 Å². The maximum Gasteiger partial charge on any atom is 0.260 e. The monoisotopic (exact) mass is 577 g/mol. The Bertz CT molecular complexity index is 1580. The smallest absolute Gasteiger partial charge is 0.260 e. The fourth-order valence-electron chi connectivity index (χ4n) is 5.91. The van der Waals surface area contributed by atoms with Gasteiger partial charge >= 0.3 is 0 Å². The third-order valence-corrected chi connectivity index (χ3v) is 8.40. The molecule has 2 aromatic heterocycles. The molecule has 0 bridgehead atoms. The normalized spacial score (nSPS) is 20.4. The minimum Gasteiger partial charge on any atom is -0.476 e. The van der Waals surface area contributed by atoms with Gasteiger partial charge in [0.2, 0.25) is 5.95 Å². The number of ether oxygens (including phenoxy) is 2. The van der Waals surface area contributed by atoms with Crippen LogP contribution in [-0.4, -0.2) is 77.4 Å². The van der Waals surface area contributed by atoms with Crippen LogP contribution in [0.4, 0.5) is 5.95 Å². The zero-order valence-electron chi connectivity index (χ0n) is 23.5. The van der Waals surface area contributed by atoms with Crippen LogP contribution in [0.25, 0.3) is 27.9 Å². The Kier molecular flexibility index (Phi) is 8.07. The molecule has 216 valence electrons. The maximum atomic E-state index is 14.3. The lowest BCUT2D eigenvalue weighted by Crippen LogP contribution is -2.32. The quantitative estimate of drug-likeness (QED) is 0.431. The largest absolute Gasteiger partial charge is 0.476 e. The summed E-state index contributed by atoms with van der Waals surface area (Å²) in [5.74, 6) is 1.15. The summed E-state index contributed by atoms with van der Waals surface area (Å²) in [6.45, 7) is 8.76. The molecule has 1 unspecified atom stereocenters. The van der Waals surface area contributed by atoms with Gasteiger partial charge in [-0.05, 0) is 43.9 Å². The Morgan fingerprint density at radius 2 is 1.98 bits per heavy atom. The number of nitrogens with one attached hydrogen (secondary N) is 1. The van der Waals surface area contributed by atoms with Crippen LogP contribution in [0, 0.1) is 0 Å². The van der Waals surface area contributed by atoms with Crippen molar-refractivity contribution >= 4 is 40.2 Å². The lowest BCUT2D eigenvalue weighted by molar-refractivity contribution is 0.0903. The predicted molar refractivity (Wildman–Crippen MR) is 163 cm³/mol. The van der Waals surface area contributed by atoms with Gasteiger partial charge in [0.1, 0.15) is 12.3 Å². The minimum absolute atomic E-state index is 0.0345. The Hall–Kier alpha value is -3.31. The van der Waals surface area contributed by atoms with E-state index in [1.807, 2.05) is 42.7 Å². The number of nitrogens with two attached hydrogens (primary N) is 1. The molecule has 0 aliphatic carbocycles. The van der Waals surface area contributed by atoms with Crippen LogP contribution in [0.5, 0.6) is 0 Å². The number of anilines is 1. The molecule has 11 heteroatoms. The molecule has 3 aromatic rings. The molecule has 0 spiro atoms. The van der Waals surface area contributed by atoms with Gasteiger partial charge in [-0.2, -0.15) is 4.98 Å². The second kappa shape index (κ2) is 11.9. The van der Waals surface area contributed by atoms with E-state index in [4.69, 9.17) is 31.8 Å². The number of benzene rings is 1. The average Bonchev–Trinajstić information content (AvgIpc) is 3.43. The Morgan fingerprint density at radius 3 is 2.76 bits per heavy atom. The van der Waals surface area contributed by atoms with E-state index in [0.717, 1.165) is 61.1 Å². The molecule has 0 radical (unpaired) electrons. The number of pyridine rings is 1. The first-order valence-electron chi connectivity index (χ1n) is 14.3. The fraction of sp³-hybridized carbons (Fsp3) is 0.467. The molecule has 3 aliphatic heterocycles. The summed E-state index contributed by atoms with van der Waals surface area (Å²) in [6.07, 6.45) is 4.43. The average molecular weight is 578 g/mol. The van der Waals surface area contributed by atoms with Gasteiger partial charge in [-0.25, -0.2) is 9.98 Å². The van der Waals surface area contributed by atoms with E-state index in [-0.39, 0.29) is 17.6 Å². The van der Waals surface area contributed by atoms with Gasteiger partial charge < -0.3 is 20.5 Å². The third kappa shape index (κ3) is 5.74. The minimum atomic E-state index is -0.113. The molecule has 1 atom stereocenters. The predicted octanol–water partition coefficient (Wildman–Crippen LogP) is 4.09. The highest BCUT2D eigenvalue weighted by atomic mass is 35.5. The molecular weight excluding hydrogens is 542 g/mol. The van der Waals surface area contributed by atoms with Gasteiger partial charge in [0.05, 0.1) is 11.7 Å². The number of nitrogens with zero attached hydrogens (tertiary/aromatic N) is 5. The molecule has 0 saturated carbocycles. The van der Waals surface area contributed by atoms with Crippen molar-refractivity contribution in [2.24, 2.45) is 10.7 Å². The highest BCUT2D eigenvalue weighted by Crippen LogP contribution is 2.34. The molecule has 41 heavy (non-hydrogen) atoms. The van der Waals surface area contributed by atoms with Crippen LogP contribution < -0.4 is 16.6 Å². The highest BCUT2D eigenvalue weighted by Gasteiger charge is 2.28. The highest BCUT2D eigenvalue weighted by molar-refractivity contribution is 6.33. The summed E-state index contributed by atoms with van der Waals surface area (Å²) in [5, 5.41) is 4.73. The summed E-state index contributed by atoms with van der Waals surface area (Å²) in [6, 6.07) is 7.82. The number of aromatic nitrogens is 3. The van der Waals surface area contributed by atoms with E-state index in [1.54, 1.807) is 6.20 Å². The number of rotatable bonds is 7. The molecule has 3 aliphatic rings. The van der Waals surface area contributed by atoms with E-state index < -0.39 is 0 Å². The van der Waals surface area contributed by atoms with E-state index in [0.29, 0.717) is 60.0 Å². The van der Waals surface area contributed by atoms with E-state index >= 15 is 0 Å². The van der Waals surface area contributed by atoms with Gasteiger partial charge in [-0.3, -0.25) is 14.3 Å². The fourth-order valence-corrected chi connectivity index (χ4v) is 6.19. The zero-order valence-corrected chi connectivity index (χ0v) is 24.3. The first kappa shape index (κ1) is 27.8. The van der Waals surface area contributed by atoms with E-state index in [2.05, 4.69) is 20.2 Å². The van der Waals surface area contributed by atoms with Gasteiger partial charge in [0.15, 0.2) is 5.90 Å². The second-order valence-electron chi connectivity index (χ2n) is 11.0. The van der Waals surface area contributed by atoms with Crippen molar-refractivity contribution in [3.8, 4) is 11.1 Å². The number of aliphatic imine (C=N–C) groups is 1. The van der Waals surface area contributed by atoms with Crippen molar-refractivity contribution in [2.75, 3.05) is 51.3 Å². The summed E-state index contributed by atoms with van der Waals surface area (Å²) in [7, 11) is 0. The lowest BCUT2D eigenvalue weighted by Gasteiger charge is -2.24. The van der Waals surface area contributed by atoms with Crippen LogP contribution >= 0.6 is 11.6 Å². The van der Waals surface area contributed by atoms with Gasteiger partial charge in [-0.15, -0.1) is 0 Å².